The van der Waals surface area contributed by atoms with E-state index in [4.69, 9.17) is 18.9 Å². The van der Waals surface area contributed by atoms with Crippen molar-refractivity contribution in [2.45, 2.75) is 65.1 Å². The molecule has 0 aromatic carbocycles. The molecule has 0 aromatic rings. The number of rotatable bonds is 15. The summed E-state index contributed by atoms with van der Waals surface area (Å²) in [4.78, 5) is 45.6. The fraction of sp³-hybridized carbons (Fsp3) is 0.667. The Kier molecular flexibility index (Phi) is 12.7. The molecule has 164 valence electrons. The van der Waals surface area contributed by atoms with Crippen molar-refractivity contribution in [1.82, 2.24) is 0 Å². The van der Waals surface area contributed by atoms with E-state index in [2.05, 4.69) is 6.58 Å². The Morgan fingerprint density at radius 2 is 1.76 bits per heavy atom. The predicted molar refractivity (Wildman–Crippen MR) is 106 cm³/mol. The third-order valence-corrected chi connectivity index (χ3v) is 4.10. The largest absolute Gasteiger partial charge is 0.458 e. The van der Waals surface area contributed by atoms with E-state index in [0.29, 0.717) is 6.61 Å². The Morgan fingerprint density at radius 3 is 2.31 bits per heavy atom. The summed E-state index contributed by atoms with van der Waals surface area (Å²) in [5.74, 6) is -0.233. The molecule has 0 aliphatic carbocycles. The number of ether oxygens (including phenoxy) is 4. The van der Waals surface area contributed by atoms with E-state index in [-0.39, 0.29) is 42.8 Å². The highest BCUT2D eigenvalue weighted by atomic mass is 16.6. The maximum atomic E-state index is 12.0. The van der Waals surface area contributed by atoms with Gasteiger partial charge in [0.15, 0.2) is 11.9 Å². The van der Waals surface area contributed by atoms with Crippen molar-refractivity contribution in [1.29, 1.82) is 0 Å². The lowest BCUT2D eigenvalue weighted by atomic mass is 10.0. The highest BCUT2D eigenvalue weighted by Crippen LogP contribution is 2.15. The lowest BCUT2D eigenvalue weighted by molar-refractivity contribution is -0.161. The van der Waals surface area contributed by atoms with Crippen molar-refractivity contribution in [3.63, 3.8) is 0 Å². The van der Waals surface area contributed by atoms with Gasteiger partial charge < -0.3 is 18.9 Å². The molecule has 0 fully saturated rings. The van der Waals surface area contributed by atoms with Crippen molar-refractivity contribution in [2.75, 3.05) is 26.9 Å². The monoisotopic (exact) mass is 412 g/mol. The summed E-state index contributed by atoms with van der Waals surface area (Å²) in [7, 11) is 1.64. The quantitative estimate of drug-likeness (QED) is 0.175. The molecular weight excluding hydrogens is 380 g/mol. The van der Waals surface area contributed by atoms with Crippen molar-refractivity contribution in [3.8, 4) is 0 Å². The van der Waals surface area contributed by atoms with Gasteiger partial charge in [-0.2, -0.15) is 0 Å². The zero-order valence-electron chi connectivity index (χ0n) is 18.0. The number of methoxy groups -OCH3 is 1. The number of carbonyl (C=O) groups is 3. The fourth-order valence-electron chi connectivity index (χ4n) is 2.03. The summed E-state index contributed by atoms with van der Waals surface area (Å²) in [5.41, 5.74) is -0.112. The Balaban J connectivity index is 4.57. The maximum absolute atomic E-state index is 12.0. The normalized spacial score (nSPS) is 11.9. The SMILES string of the molecule is C=C(C)C(=O)OCC(COCCCC(C)(C)OC)OC(=O)CCC(=O)C(C)=C=O. The van der Waals surface area contributed by atoms with E-state index < -0.39 is 23.8 Å². The van der Waals surface area contributed by atoms with Gasteiger partial charge in [-0.25, -0.2) is 9.59 Å². The maximum Gasteiger partial charge on any atom is 0.333 e. The van der Waals surface area contributed by atoms with Crippen LogP contribution in [0.3, 0.4) is 0 Å². The number of hydrogen-bond donors (Lipinski definition) is 0. The van der Waals surface area contributed by atoms with E-state index in [1.54, 1.807) is 7.11 Å². The molecule has 0 rings (SSSR count). The highest BCUT2D eigenvalue weighted by molar-refractivity contribution is 6.02. The van der Waals surface area contributed by atoms with Crippen LogP contribution in [0.4, 0.5) is 0 Å². The Hall–Kier alpha value is -2.28. The summed E-state index contributed by atoms with van der Waals surface area (Å²) in [6.07, 6.45) is 0.332. The van der Waals surface area contributed by atoms with Crippen LogP contribution in [-0.2, 0) is 38.1 Å². The molecule has 0 aliphatic rings. The molecule has 29 heavy (non-hydrogen) atoms. The van der Waals surface area contributed by atoms with E-state index in [1.807, 2.05) is 13.8 Å². The standard InChI is InChI=1S/C21H32O8/c1-15(2)20(25)28-14-17(13-27-11-7-10-21(4,5)26-6)29-19(24)9-8-18(23)16(3)12-22/h17H,1,7-11,13-14H2,2-6H3. The Labute approximate surface area is 172 Å². The average Bonchev–Trinajstić information content (AvgIpc) is 2.68. The number of allylic oxidation sites excluding steroid dienone is 1. The fourth-order valence-corrected chi connectivity index (χ4v) is 2.03. The van der Waals surface area contributed by atoms with Crippen molar-refractivity contribution in [2.24, 2.45) is 0 Å². The molecule has 0 spiro atoms. The first kappa shape index (κ1) is 26.7. The van der Waals surface area contributed by atoms with Gasteiger partial charge >= 0.3 is 11.9 Å². The Bertz CT molecular complexity index is 629. The number of Topliss-reactive ketones (excluding diaryl/α,β-unsaturated/α-hetero) is 1. The molecule has 0 N–H and O–H groups in total. The molecule has 1 atom stereocenters. The van der Waals surface area contributed by atoms with E-state index in [9.17, 15) is 19.2 Å². The molecule has 0 saturated heterocycles. The second-order valence-electron chi connectivity index (χ2n) is 7.28. The van der Waals surface area contributed by atoms with Crippen LogP contribution in [0.2, 0.25) is 0 Å². The van der Waals surface area contributed by atoms with Crippen LogP contribution in [0.25, 0.3) is 0 Å². The van der Waals surface area contributed by atoms with Gasteiger partial charge in [-0.1, -0.05) is 6.58 Å². The summed E-state index contributed by atoms with van der Waals surface area (Å²) >= 11 is 0. The second kappa shape index (κ2) is 13.8. The van der Waals surface area contributed by atoms with Gasteiger partial charge in [0.1, 0.15) is 12.5 Å². The molecule has 0 amide bonds. The van der Waals surface area contributed by atoms with Crippen LogP contribution in [-0.4, -0.2) is 62.3 Å². The van der Waals surface area contributed by atoms with Crippen molar-refractivity contribution in [3.05, 3.63) is 17.7 Å². The molecule has 8 nitrogen and oxygen atoms in total. The molecule has 1 unspecified atom stereocenters. The van der Waals surface area contributed by atoms with Crippen LogP contribution >= 0.6 is 0 Å². The van der Waals surface area contributed by atoms with Gasteiger partial charge in [0.25, 0.3) is 0 Å². The molecule has 0 saturated carbocycles. The van der Waals surface area contributed by atoms with Crippen LogP contribution in [0.15, 0.2) is 17.7 Å². The number of carbonyl (C=O) groups excluding carboxylic acids is 4. The molecule has 8 heteroatoms. The molecule has 0 bridgehead atoms. The lowest BCUT2D eigenvalue weighted by Gasteiger charge is -2.23. The minimum Gasteiger partial charge on any atom is -0.458 e. The lowest BCUT2D eigenvalue weighted by Crippen LogP contribution is -2.30. The van der Waals surface area contributed by atoms with Crippen LogP contribution in [0.1, 0.15) is 53.4 Å². The third-order valence-electron chi connectivity index (χ3n) is 4.10. The summed E-state index contributed by atoms with van der Waals surface area (Å²) in [6, 6.07) is 0. The third kappa shape index (κ3) is 12.7. The van der Waals surface area contributed by atoms with Gasteiger partial charge in [-0.05, 0) is 40.5 Å². The molecule has 0 radical (unpaired) electrons. The number of esters is 2. The Morgan fingerprint density at radius 1 is 1.10 bits per heavy atom. The minimum atomic E-state index is -0.820. The van der Waals surface area contributed by atoms with Crippen LogP contribution in [0.5, 0.6) is 0 Å². The molecule has 0 heterocycles. The van der Waals surface area contributed by atoms with Gasteiger partial charge in [-0.3, -0.25) is 9.59 Å². The summed E-state index contributed by atoms with van der Waals surface area (Å²) in [5, 5.41) is 0. The number of ketones is 1. The van der Waals surface area contributed by atoms with Crippen molar-refractivity contribution >= 4 is 23.7 Å². The van der Waals surface area contributed by atoms with Crippen LogP contribution < -0.4 is 0 Å². The first-order valence-corrected chi connectivity index (χ1v) is 9.42. The average molecular weight is 412 g/mol. The summed E-state index contributed by atoms with van der Waals surface area (Å²) in [6.45, 7) is 10.5. The first-order chi connectivity index (χ1) is 13.5. The van der Waals surface area contributed by atoms with E-state index >= 15 is 0 Å². The second-order valence-corrected chi connectivity index (χ2v) is 7.28. The zero-order valence-corrected chi connectivity index (χ0v) is 18.0. The minimum absolute atomic E-state index is 0.0316. The summed E-state index contributed by atoms with van der Waals surface area (Å²) < 4.78 is 21.2. The molecule has 0 aliphatic heterocycles. The van der Waals surface area contributed by atoms with E-state index in [0.717, 1.165) is 12.8 Å². The first-order valence-electron chi connectivity index (χ1n) is 9.42. The van der Waals surface area contributed by atoms with E-state index in [1.165, 1.54) is 19.8 Å². The van der Waals surface area contributed by atoms with Gasteiger partial charge in [0.05, 0.1) is 24.2 Å². The topological polar surface area (TPSA) is 105 Å². The van der Waals surface area contributed by atoms with Gasteiger partial charge in [0, 0.05) is 25.7 Å². The number of hydrogen-bond acceptors (Lipinski definition) is 8. The van der Waals surface area contributed by atoms with Gasteiger partial charge in [-0.15, -0.1) is 0 Å². The smallest absolute Gasteiger partial charge is 0.333 e. The highest BCUT2D eigenvalue weighted by Gasteiger charge is 2.20. The van der Waals surface area contributed by atoms with Crippen molar-refractivity contribution < 1.29 is 38.1 Å². The zero-order chi connectivity index (χ0) is 22.4. The van der Waals surface area contributed by atoms with Gasteiger partial charge in [0.2, 0.25) is 0 Å². The molecular formula is C21H32O8. The molecule has 0 aromatic heterocycles. The predicted octanol–water partition coefficient (Wildman–Crippen LogP) is 2.37. The van der Waals surface area contributed by atoms with Crippen LogP contribution in [0, 0.1) is 0 Å².